The van der Waals surface area contributed by atoms with E-state index in [0.29, 0.717) is 5.69 Å². The average Bonchev–Trinajstić information content (AvgIpc) is 3.37. The lowest BCUT2D eigenvalue weighted by Gasteiger charge is -2.42. The first-order chi connectivity index (χ1) is 16.3. The molecule has 0 radical (unpaired) electrons. The number of anilines is 1. The monoisotopic (exact) mass is 489 g/mol. The van der Waals surface area contributed by atoms with Crippen LogP contribution in [0.25, 0.3) is 0 Å². The Hall–Kier alpha value is -3.30. The first-order valence-electron chi connectivity index (χ1n) is 11.9. The number of urea groups is 1. The summed E-state index contributed by atoms with van der Waals surface area (Å²) >= 11 is 0. The Balaban J connectivity index is 2.02. The number of aliphatic carboxylic acids is 2. The van der Waals surface area contributed by atoms with Crippen LogP contribution in [0.3, 0.4) is 0 Å². The molecule has 5 N–H and O–H groups in total. The molecule has 0 spiro atoms. The number of aryl methyl sites for hydroxylation is 1. The molecule has 35 heavy (non-hydrogen) atoms. The predicted octanol–water partition coefficient (Wildman–Crippen LogP) is 3.60. The second-order valence-corrected chi connectivity index (χ2v) is 10.4. The van der Waals surface area contributed by atoms with E-state index in [9.17, 15) is 29.4 Å². The van der Waals surface area contributed by atoms with Crippen molar-refractivity contribution in [1.29, 1.82) is 0 Å². The molecule has 2 aliphatic carbocycles. The summed E-state index contributed by atoms with van der Waals surface area (Å²) in [6.07, 6.45) is -0.474. The summed E-state index contributed by atoms with van der Waals surface area (Å²) in [5.74, 6) is -4.99. The summed E-state index contributed by atoms with van der Waals surface area (Å²) in [5.41, 5.74) is -2.69. The van der Waals surface area contributed by atoms with Gasteiger partial charge in [-0.2, -0.15) is 0 Å². The topological polar surface area (TPSA) is 154 Å². The molecule has 0 aliphatic heterocycles. The Morgan fingerprint density at radius 3 is 2.20 bits per heavy atom. The third-order valence-corrected chi connectivity index (χ3v) is 7.53. The number of carboxylic acid groups (broad SMARTS) is 2. The van der Waals surface area contributed by atoms with Crippen molar-refractivity contribution in [3.63, 3.8) is 0 Å². The third-order valence-electron chi connectivity index (χ3n) is 7.53. The minimum Gasteiger partial charge on any atom is -0.481 e. The molecule has 10 nitrogen and oxygen atoms in total. The van der Waals surface area contributed by atoms with Gasteiger partial charge in [-0.3, -0.25) is 4.79 Å². The van der Waals surface area contributed by atoms with Gasteiger partial charge in [0.2, 0.25) is 0 Å². The predicted molar refractivity (Wildman–Crippen MR) is 128 cm³/mol. The number of hydrogen-bond donors (Lipinski definition) is 5. The smallest absolute Gasteiger partial charge is 0.408 e. The molecule has 0 saturated heterocycles. The van der Waals surface area contributed by atoms with Crippen LogP contribution in [0, 0.1) is 30.1 Å². The van der Waals surface area contributed by atoms with E-state index < -0.39 is 64.4 Å². The van der Waals surface area contributed by atoms with Crippen LogP contribution < -0.4 is 16.0 Å². The molecule has 192 valence electrons. The number of fused-ring (bicyclic) bond motifs is 1. The van der Waals surface area contributed by atoms with Crippen molar-refractivity contribution in [3.05, 3.63) is 29.8 Å². The van der Waals surface area contributed by atoms with Gasteiger partial charge in [-0.05, 0) is 52.2 Å². The molecular weight excluding hydrogens is 454 g/mol. The van der Waals surface area contributed by atoms with Crippen LogP contribution in [0.2, 0.25) is 0 Å². The van der Waals surface area contributed by atoms with Crippen LogP contribution in [0.15, 0.2) is 24.3 Å². The van der Waals surface area contributed by atoms with Crippen LogP contribution in [-0.2, 0) is 14.3 Å². The number of ether oxygens (including phenoxy) is 1. The van der Waals surface area contributed by atoms with Crippen LogP contribution >= 0.6 is 0 Å². The molecule has 1 aromatic carbocycles. The zero-order valence-electron chi connectivity index (χ0n) is 21.0. The molecule has 3 rings (SSSR count). The van der Waals surface area contributed by atoms with E-state index in [1.165, 1.54) is 0 Å². The Labute approximate surface area is 204 Å². The molecule has 0 heterocycles. The first kappa shape index (κ1) is 26.3. The van der Waals surface area contributed by atoms with Crippen molar-refractivity contribution in [1.82, 2.24) is 10.6 Å². The number of nitrogens with one attached hydrogen (secondary N) is 3. The van der Waals surface area contributed by atoms with Crippen LogP contribution in [-0.4, -0.2) is 51.5 Å². The van der Waals surface area contributed by atoms with Gasteiger partial charge in [-0.1, -0.05) is 32.0 Å². The number of rotatable bonds is 7. The number of carbonyl (C=O) groups is 4. The summed E-state index contributed by atoms with van der Waals surface area (Å²) in [6, 6.07) is 5.82. The second-order valence-electron chi connectivity index (χ2n) is 10.4. The van der Waals surface area contributed by atoms with Crippen LogP contribution in [0.1, 0.15) is 53.0 Å². The second kappa shape index (κ2) is 9.05. The highest BCUT2D eigenvalue weighted by Crippen LogP contribution is 2.76. The lowest BCUT2D eigenvalue weighted by molar-refractivity contribution is -0.153. The third kappa shape index (κ3) is 4.19. The minimum absolute atomic E-state index is 0.185. The van der Waals surface area contributed by atoms with Crippen molar-refractivity contribution in [2.45, 2.75) is 71.6 Å². The highest BCUT2D eigenvalue weighted by molar-refractivity contribution is 5.94. The van der Waals surface area contributed by atoms with Gasteiger partial charge in [0.15, 0.2) is 5.54 Å². The van der Waals surface area contributed by atoms with Gasteiger partial charge in [0.25, 0.3) is 0 Å². The van der Waals surface area contributed by atoms with E-state index >= 15 is 0 Å². The minimum atomic E-state index is -1.94. The number of amides is 3. The van der Waals surface area contributed by atoms with Gasteiger partial charge in [-0.25, -0.2) is 14.4 Å². The molecule has 2 saturated carbocycles. The number of hydrogen-bond acceptors (Lipinski definition) is 5. The van der Waals surface area contributed by atoms with E-state index in [0.717, 1.165) is 5.56 Å². The quantitative estimate of drug-likeness (QED) is 0.392. The Morgan fingerprint density at radius 1 is 1.09 bits per heavy atom. The van der Waals surface area contributed by atoms with Crippen LogP contribution in [0.5, 0.6) is 0 Å². The molecule has 1 aromatic rings. The fraction of sp³-hybridized carbons (Fsp3) is 0.600. The zero-order chi connectivity index (χ0) is 26.3. The van der Waals surface area contributed by atoms with E-state index in [-0.39, 0.29) is 12.8 Å². The number of benzene rings is 1. The SMILES string of the molecule is CCC1C(NC(=O)Nc2ccccc2C)C2C(C(=O)O)C2(CC)C1(NC(=O)OC(C)(C)C)C(=O)O. The molecule has 0 bridgehead atoms. The number of carboxylic acids is 2. The molecule has 2 fully saturated rings. The zero-order valence-corrected chi connectivity index (χ0v) is 21.0. The van der Waals surface area contributed by atoms with Gasteiger partial charge in [0.05, 0.1) is 5.92 Å². The maximum Gasteiger partial charge on any atom is 0.408 e. The molecule has 3 amide bonds. The van der Waals surface area contributed by atoms with Gasteiger partial charge >= 0.3 is 24.1 Å². The fourth-order valence-corrected chi connectivity index (χ4v) is 6.34. The van der Waals surface area contributed by atoms with Crippen molar-refractivity contribution in [3.8, 4) is 0 Å². The Bertz CT molecular complexity index is 1040. The van der Waals surface area contributed by atoms with Gasteiger partial charge in [-0.15, -0.1) is 0 Å². The van der Waals surface area contributed by atoms with Gasteiger partial charge in [0, 0.05) is 29.0 Å². The maximum absolute atomic E-state index is 13.0. The maximum atomic E-state index is 13.0. The van der Waals surface area contributed by atoms with Crippen molar-refractivity contribution in [2.75, 3.05) is 5.32 Å². The highest BCUT2D eigenvalue weighted by atomic mass is 16.6. The Morgan fingerprint density at radius 2 is 1.71 bits per heavy atom. The average molecular weight is 490 g/mol. The summed E-state index contributed by atoms with van der Waals surface area (Å²) < 4.78 is 5.37. The largest absolute Gasteiger partial charge is 0.481 e. The number of carbonyl (C=O) groups excluding carboxylic acids is 2. The molecule has 6 unspecified atom stereocenters. The van der Waals surface area contributed by atoms with Gasteiger partial charge in [0.1, 0.15) is 5.60 Å². The van der Waals surface area contributed by atoms with E-state index in [1.54, 1.807) is 46.8 Å². The first-order valence-corrected chi connectivity index (χ1v) is 11.9. The van der Waals surface area contributed by atoms with Crippen molar-refractivity contribution < 1.29 is 34.1 Å². The highest BCUT2D eigenvalue weighted by Gasteiger charge is 2.88. The normalized spacial score (nSPS) is 31.1. The van der Waals surface area contributed by atoms with Crippen LogP contribution in [0.4, 0.5) is 15.3 Å². The Kier molecular flexibility index (Phi) is 6.80. The summed E-state index contributed by atoms with van der Waals surface area (Å²) in [6.45, 7) is 10.3. The van der Waals surface area contributed by atoms with Gasteiger partial charge < -0.3 is 30.9 Å². The van der Waals surface area contributed by atoms with E-state index in [2.05, 4.69) is 16.0 Å². The molecule has 2 aliphatic rings. The lowest BCUT2D eigenvalue weighted by atomic mass is 9.70. The molecule has 0 aromatic heterocycles. The number of para-hydroxylation sites is 1. The van der Waals surface area contributed by atoms with E-state index in [4.69, 9.17) is 4.74 Å². The number of alkyl carbamates (subject to hydrolysis) is 1. The molecule has 10 heteroatoms. The van der Waals surface area contributed by atoms with Crippen molar-refractivity contribution >= 4 is 29.8 Å². The molecule has 6 atom stereocenters. The molecular formula is C25H35N3O7. The summed E-state index contributed by atoms with van der Waals surface area (Å²) in [5, 5.41) is 28.7. The van der Waals surface area contributed by atoms with Crippen molar-refractivity contribution in [2.24, 2.45) is 23.2 Å². The lowest BCUT2D eigenvalue weighted by Crippen LogP contribution is -2.66. The summed E-state index contributed by atoms with van der Waals surface area (Å²) in [7, 11) is 0. The standard InChI is InChI=1S/C25H35N3O7/c1-7-14-18(27-21(33)26-15-12-10-9-11-13(15)3)16-17(19(29)30)24(16,8-2)25(14,20(31)32)28-22(34)35-23(4,5)6/h9-12,14,16-18H,7-8H2,1-6H3,(H,28,34)(H,29,30)(H,31,32)(H2,26,27,33). The van der Waals surface area contributed by atoms with E-state index in [1.807, 2.05) is 19.1 Å². The summed E-state index contributed by atoms with van der Waals surface area (Å²) in [4.78, 5) is 51.0. The fourth-order valence-electron chi connectivity index (χ4n) is 6.34.